The molecule has 3 aromatic rings. The molecule has 3 N–H and O–H groups in total. The summed E-state index contributed by atoms with van der Waals surface area (Å²) in [5.41, 5.74) is 2.08. The smallest absolute Gasteiger partial charge is 0.259 e. The number of benzene rings is 1. The van der Waals surface area contributed by atoms with Gasteiger partial charge in [-0.05, 0) is 56.0 Å². The number of rotatable bonds is 5. The topological polar surface area (TPSA) is 108 Å². The molecule has 3 heterocycles. The van der Waals surface area contributed by atoms with Gasteiger partial charge in [-0.1, -0.05) is 12.1 Å². The lowest BCUT2D eigenvalue weighted by Crippen LogP contribution is -2.50. The lowest BCUT2D eigenvalue weighted by atomic mass is 10.00. The summed E-state index contributed by atoms with van der Waals surface area (Å²) in [6, 6.07) is 12.9. The maximum atomic E-state index is 14.1. The maximum absolute atomic E-state index is 14.1. The number of H-pyrrole nitrogens is 1. The zero-order chi connectivity index (χ0) is 24.5. The number of nitriles is 1. The summed E-state index contributed by atoms with van der Waals surface area (Å²) in [6.45, 7) is 3.33. The molecule has 2 aromatic heterocycles. The fraction of sp³-hybridized carbons (Fsp3) is 0.423. The predicted octanol–water partition coefficient (Wildman–Crippen LogP) is 2.60. The Bertz CT molecular complexity index is 1330. The Hall–Kier alpha value is -3.32. The lowest BCUT2D eigenvalue weighted by molar-refractivity contribution is 0.144. The first kappa shape index (κ1) is 23.4. The van der Waals surface area contributed by atoms with E-state index in [2.05, 4.69) is 31.2 Å². The number of anilines is 1. The summed E-state index contributed by atoms with van der Waals surface area (Å²) in [6.07, 6.45) is 2.09. The number of halogens is 1. The van der Waals surface area contributed by atoms with Crippen LogP contribution in [0.3, 0.4) is 0 Å². The molecule has 0 radical (unpaired) electrons. The Labute approximate surface area is 203 Å². The van der Waals surface area contributed by atoms with Gasteiger partial charge in [-0.15, -0.1) is 0 Å². The van der Waals surface area contributed by atoms with Crippen molar-refractivity contribution in [3.63, 3.8) is 0 Å². The number of hydrogen-bond acceptors (Lipinski definition) is 7. The van der Waals surface area contributed by atoms with E-state index < -0.39 is 12.0 Å². The van der Waals surface area contributed by atoms with Crippen molar-refractivity contribution in [2.24, 2.45) is 0 Å². The molecule has 1 unspecified atom stereocenters. The van der Waals surface area contributed by atoms with Gasteiger partial charge in [0.05, 0.1) is 16.8 Å². The Balaban J connectivity index is 1.24. The van der Waals surface area contributed by atoms with E-state index in [1.165, 1.54) is 6.07 Å². The minimum atomic E-state index is -0.903. The molecule has 5 rings (SSSR count). The van der Waals surface area contributed by atoms with Crippen molar-refractivity contribution in [2.45, 2.75) is 37.5 Å². The van der Waals surface area contributed by atoms with Gasteiger partial charge in [0.25, 0.3) is 5.56 Å². The van der Waals surface area contributed by atoms with E-state index in [0.29, 0.717) is 22.8 Å². The maximum Gasteiger partial charge on any atom is 0.259 e. The minimum absolute atomic E-state index is 0.127. The van der Waals surface area contributed by atoms with Crippen LogP contribution in [0.15, 0.2) is 41.2 Å². The van der Waals surface area contributed by atoms with E-state index >= 15 is 0 Å². The number of nitrogens with one attached hydrogen (secondary N) is 2. The molecule has 0 bridgehead atoms. The first-order chi connectivity index (χ1) is 17.0. The number of nitrogens with zero attached hydrogens (tertiary/aromatic N) is 4. The summed E-state index contributed by atoms with van der Waals surface area (Å²) < 4.78 is 14.1. The van der Waals surface area contributed by atoms with Gasteiger partial charge in [0.2, 0.25) is 0 Å². The second kappa shape index (κ2) is 9.74. The van der Waals surface area contributed by atoms with Crippen LogP contribution in [-0.4, -0.2) is 59.2 Å². The summed E-state index contributed by atoms with van der Waals surface area (Å²) in [7, 11) is 1.64. The van der Waals surface area contributed by atoms with Gasteiger partial charge in [-0.2, -0.15) is 5.26 Å². The Morgan fingerprint density at radius 1 is 1.23 bits per heavy atom. The first-order valence-electron chi connectivity index (χ1n) is 12.0. The van der Waals surface area contributed by atoms with Gasteiger partial charge in [0.15, 0.2) is 5.69 Å². The molecule has 182 valence electrons. The Morgan fingerprint density at radius 2 is 2.03 bits per heavy atom. The molecule has 3 atom stereocenters. The van der Waals surface area contributed by atoms with Crippen LogP contribution in [0.25, 0.3) is 10.8 Å². The third-order valence-electron chi connectivity index (χ3n) is 7.41. The van der Waals surface area contributed by atoms with E-state index in [0.717, 1.165) is 56.8 Å². The van der Waals surface area contributed by atoms with Crippen LogP contribution in [0.2, 0.25) is 0 Å². The largest absolute Gasteiger partial charge is 0.373 e. The highest BCUT2D eigenvalue weighted by atomic mass is 19.1. The molecule has 8 nitrogen and oxygen atoms in total. The van der Waals surface area contributed by atoms with Crippen LogP contribution in [0.4, 0.5) is 10.1 Å². The van der Waals surface area contributed by atoms with Crippen molar-refractivity contribution in [1.29, 1.82) is 5.26 Å². The fourth-order valence-electron chi connectivity index (χ4n) is 5.52. The Kier molecular flexibility index (Phi) is 6.52. The van der Waals surface area contributed by atoms with Crippen LogP contribution in [0, 0.1) is 17.1 Å². The van der Waals surface area contributed by atoms with Crippen LogP contribution in [0.1, 0.15) is 48.5 Å². The number of aromatic amines is 1. The number of piperazine rings is 1. The average molecular weight is 477 g/mol. The number of hydrogen-bond donors (Lipinski definition) is 3. The molecule has 35 heavy (non-hydrogen) atoms. The molecule has 0 amide bonds. The van der Waals surface area contributed by atoms with E-state index in [9.17, 15) is 19.6 Å². The molecule has 1 aliphatic heterocycles. The number of fused-ring (bicyclic) bond motifs is 1. The molecule has 1 saturated heterocycles. The normalized spacial score (nSPS) is 21.8. The number of aliphatic hydroxyl groups is 1. The van der Waals surface area contributed by atoms with Crippen molar-refractivity contribution in [3.05, 3.63) is 69.7 Å². The van der Waals surface area contributed by atoms with Gasteiger partial charge >= 0.3 is 0 Å². The molecule has 1 saturated carbocycles. The standard InChI is InChI=1S/C26H29FN6O2/c1-29-25(34)20-7-8-23(22(15-28)30-20)33-11-9-32(10-12-33)18-6-5-16(13-18)21-14-17-3-2-4-19(27)24(17)26(35)31-21/h2-4,7-8,14,16,18,25,29,34H,5-6,9-13H2,1H3,(H,31,35)/t16-,18+,25?/m1/s1. The second-order valence-corrected chi connectivity index (χ2v) is 9.35. The highest BCUT2D eigenvalue weighted by Crippen LogP contribution is 2.37. The fourth-order valence-corrected chi connectivity index (χ4v) is 5.52. The van der Waals surface area contributed by atoms with Crippen molar-refractivity contribution < 1.29 is 9.50 Å². The summed E-state index contributed by atoms with van der Waals surface area (Å²) in [5, 5.41) is 23.0. The average Bonchev–Trinajstić information content (AvgIpc) is 3.38. The van der Waals surface area contributed by atoms with Gasteiger partial charge in [-0.25, -0.2) is 9.37 Å². The number of aromatic nitrogens is 2. The molecule has 2 fully saturated rings. The van der Waals surface area contributed by atoms with E-state index in [1.807, 2.05) is 12.1 Å². The van der Waals surface area contributed by atoms with Crippen molar-refractivity contribution >= 4 is 16.5 Å². The van der Waals surface area contributed by atoms with E-state index in [4.69, 9.17) is 0 Å². The van der Waals surface area contributed by atoms with Gasteiger partial charge < -0.3 is 15.0 Å². The third kappa shape index (κ3) is 4.52. The predicted molar refractivity (Wildman–Crippen MR) is 132 cm³/mol. The van der Waals surface area contributed by atoms with Crippen LogP contribution >= 0.6 is 0 Å². The molecular weight excluding hydrogens is 447 g/mol. The summed E-state index contributed by atoms with van der Waals surface area (Å²) in [5.74, 6) is -0.237. The number of pyridine rings is 2. The monoisotopic (exact) mass is 476 g/mol. The molecule has 2 aliphatic rings. The minimum Gasteiger partial charge on any atom is -0.373 e. The van der Waals surface area contributed by atoms with Crippen LogP contribution in [0.5, 0.6) is 0 Å². The zero-order valence-electron chi connectivity index (χ0n) is 19.7. The zero-order valence-corrected chi connectivity index (χ0v) is 19.7. The van der Waals surface area contributed by atoms with Gasteiger partial charge in [0.1, 0.15) is 18.1 Å². The number of aliphatic hydroxyl groups excluding tert-OH is 1. The molecule has 1 aromatic carbocycles. The van der Waals surface area contributed by atoms with Gasteiger partial charge in [0, 0.05) is 43.8 Å². The molecule has 9 heteroatoms. The summed E-state index contributed by atoms with van der Waals surface area (Å²) >= 11 is 0. The van der Waals surface area contributed by atoms with Crippen molar-refractivity contribution in [2.75, 3.05) is 38.1 Å². The molecule has 1 aliphatic carbocycles. The second-order valence-electron chi connectivity index (χ2n) is 9.35. The van der Waals surface area contributed by atoms with Gasteiger partial charge in [-0.3, -0.25) is 15.0 Å². The SMILES string of the molecule is CNC(O)c1ccc(N2CCN([C@H]3CC[C@@H](c4cc5cccc(F)c5c(=O)[nH]4)C3)CC2)c(C#N)n1. The Morgan fingerprint density at radius 3 is 2.77 bits per heavy atom. The van der Waals surface area contributed by atoms with E-state index in [-0.39, 0.29) is 16.9 Å². The van der Waals surface area contributed by atoms with Crippen LogP contribution in [-0.2, 0) is 0 Å². The van der Waals surface area contributed by atoms with Crippen LogP contribution < -0.4 is 15.8 Å². The van der Waals surface area contributed by atoms with Crippen molar-refractivity contribution in [1.82, 2.24) is 20.2 Å². The summed E-state index contributed by atoms with van der Waals surface area (Å²) in [4.78, 5) is 24.4. The van der Waals surface area contributed by atoms with E-state index in [1.54, 1.807) is 25.2 Å². The highest BCUT2D eigenvalue weighted by molar-refractivity contribution is 5.82. The molecule has 0 spiro atoms. The molecular formula is C26H29FN6O2. The van der Waals surface area contributed by atoms with Crippen molar-refractivity contribution in [3.8, 4) is 6.07 Å². The first-order valence-corrected chi connectivity index (χ1v) is 12.0. The lowest BCUT2D eigenvalue weighted by Gasteiger charge is -2.39. The third-order valence-corrected chi connectivity index (χ3v) is 7.41. The highest BCUT2D eigenvalue weighted by Gasteiger charge is 2.33. The quantitative estimate of drug-likeness (QED) is 0.486.